The molecule has 0 saturated carbocycles. The number of nitrogens with zero attached hydrogens (tertiary/aromatic N) is 2. The van der Waals surface area contributed by atoms with Gasteiger partial charge in [0.25, 0.3) is 5.91 Å². The van der Waals surface area contributed by atoms with Gasteiger partial charge in [0, 0.05) is 37.9 Å². The molecule has 2 amide bonds. The van der Waals surface area contributed by atoms with Crippen LogP contribution in [-0.2, 0) is 16.1 Å². The Kier molecular flexibility index (Phi) is 7.03. The maximum atomic E-state index is 13.2. The number of ether oxygens (including phenoxy) is 4. The molecule has 33 heavy (non-hydrogen) atoms. The van der Waals surface area contributed by atoms with Gasteiger partial charge in [0.05, 0.1) is 25.0 Å². The molecule has 1 atom stereocenters. The molecule has 4 rings (SSSR count). The number of hydrogen-bond donors (Lipinski definition) is 0. The molecule has 0 aromatic heterocycles. The molecular weight excluding hydrogens is 424 g/mol. The van der Waals surface area contributed by atoms with E-state index in [4.69, 9.17) is 18.9 Å². The van der Waals surface area contributed by atoms with Crippen molar-refractivity contribution in [3.63, 3.8) is 0 Å². The van der Waals surface area contributed by atoms with E-state index >= 15 is 0 Å². The van der Waals surface area contributed by atoms with Crippen LogP contribution in [0.1, 0.15) is 35.7 Å². The summed E-state index contributed by atoms with van der Waals surface area (Å²) in [6.07, 6.45) is 0.908. The molecule has 0 N–H and O–H groups in total. The van der Waals surface area contributed by atoms with Gasteiger partial charge in [-0.05, 0) is 38.0 Å². The van der Waals surface area contributed by atoms with Crippen LogP contribution in [0, 0.1) is 0 Å². The normalized spacial score (nSPS) is 17.2. The van der Waals surface area contributed by atoms with E-state index in [-0.39, 0.29) is 24.1 Å². The fourth-order valence-electron chi connectivity index (χ4n) is 4.44. The molecule has 1 unspecified atom stereocenters. The molecule has 176 valence electrons. The molecule has 0 aliphatic carbocycles. The maximum Gasteiger partial charge on any atom is 0.414 e. The third-order valence-corrected chi connectivity index (χ3v) is 6.06. The number of para-hydroxylation sites is 1. The number of carbonyl (C=O) groups is 2. The zero-order valence-corrected chi connectivity index (χ0v) is 19.3. The Balaban J connectivity index is 1.43. The Bertz CT molecular complexity index is 1000. The van der Waals surface area contributed by atoms with Gasteiger partial charge in [0.15, 0.2) is 0 Å². The van der Waals surface area contributed by atoms with Crippen LogP contribution in [0.25, 0.3) is 0 Å². The number of anilines is 1. The third kappa shape index (κ3) is 4.90. The van der Waals surface area contributed by atoms with Crippen molar-refractivity contribution < 1.29 is 28.5 Å². The van der Waals surface area contributed by atoms with Crippen molar-refractivity contribution in [3.05, 3.63) is 53.6 Å². The minimum atomic E-state index is -0.321. The Labute approximate surface area is 194 Å². The number of fused-ring (bicyclic) bond motifs is 1. The SMILES string of the molecule is COCC(C)Oc1ccc(C(=O)N2CCC(N3C(=O)OCc4ccccc43)CC2)c(OC)c1. The summed E-state index contributed by atoms with van der Waals surface area (Å²) in [6.45, 7) is 3.76. The van der Waals surface area contributed by atoms with Crippen molar-refractivity contribution >= 4 is 17.7 Å². The number of hydrogen-bond acceptors (Lipinski definition) is 6. The first kappa shape index (κ1) is 22.9. The average molecular weight is 455 g/mol. The van der Waals surface area contributed by atoms with Crippen molar-refractivity contribution in [2.75, 3.05) is 38.8 Å². The lowest BCUT2D eigenvalue weighted by Gasteiger charge is -2.40. The standard InChI is InChI=1S/C25H30N2O6/c1-17(15-30-2)33-20-8-9-21(23(14-20)31-3)24(28)26-12-10-19(11-13-26)27-22-7-5-4-6-18(22)16-32-25(27)29/h4-9,14,17,19H,10-13,15-16H2,1-3H3. The number of methoxy groups -OCH3 is 2. The van der Waals surface area contributed by atoms with E-state index in [0.29, 0.717) is 56.2 Å². The third-order valence-electron chi connectivity index (χ3n) is 6.06. The predicted molar refractivity (Wildman–Crippen MR) is 123 cm³/mol. The van der Waals surface area contributed by atoms with Gasteiger partial charge in [0.1, 0.15) is 24.2 Å². The Morgan fingerprint density at radius 2 is 1.91 bits per heavy atom. The predicted octanol–water partition coefficient (Wildman–Crippen LogP) is 3.87. The van der Waals surface area contributed by atoms with Crippen LogP contribution < -0.4 is 14.4 Å². The molecule has 0 radical (unpaired) electrons. The summed E-state index contributed by atoms with van der Waals surface area (Å²) >= 11 is 0. The second kappa shape index (κ2) is 10.1. The van der Waals surface area contributed by atoms with E-state index in [9.17, 15) is 9.59 Å². The first-order valence-electron chi connectivity index (χ1n) is 11.2. The van der Waals surface area contributed by atoms with Gasteiger partial charge in [-0.1, -0.05) is 18.2 Å². The van der Waals surface area contributed by atoms with E-state index in [1.165, 1.54) is 0 Å². The molecule has 8 heteroatoms. The largest absolute Gasteiger partial charge is 0.496 e. The number of benzene rings is 2. The topological polar surface area (TPSA) is 77.5 Å². The fourth-order valence-corrected chi connectivity index (χ4v) is 4.44. The lowest BCUT2D eigenvalue weighted by atomic mass is 10.00. The highest BCUT2D eigenvalue weighted by molar-refractivity contribution is 5.97. The second-order valence-corrected chi connectivity index (χ2v) is 8.32. The van der Waals surface area contributed by atoms with Crippen LogP contribution in [0.2, 0.25) is 0 Å². The van der Waals surface area contributed by atoms with Crippen LogP contribution in [0.5, 0.6) is 11.5 Å². The van der Waals surface area contributed by atoms with E-state index in [0.717, 1.165) is 11.3 Å². The van der Waals surface area contributed by atoms with Gasteiger partial charge >= 0.3 is 6.09 Å². The Morgan fingerprint density at radius 1 is 1.15 bits per heavy atom. The molecule has 2 aliphatic rings. The van der Waals surface area contributed by atoms with Crippen LogP contribution in [0.3, 0.4) is 0 Å². The molecular formula is C25H30N2O6. The lowest BCUT2D eigenvalue weighted by Crippen LogP contribution is -2.50. The van der Waals surface area contributed by atoms with E-state index in [2.05, 4.69) is 0 Å². The monoisotopic (exact) mass is 454 g/mol. The van der Waals surface area contributed by atoms with Gasteiger partial charge < -0.3 is 23.8 Å². The highest BCUT2D eigenvalue weighted by atomic mass is 16.6. The van der Waals surface area contributed by atoms with Gasteiger partial charge in [-0.2, -0.15) is 0 Å². The minimum Gasteiger partial charge on any atom is -0.496 e. The van der Waals surface area contributed by atoms with E-state index in [1.807, 2.05) is 36.1 Å². The average Bonchev–Trinajstić information content (AvgIpc) is 2.84. The molecule has 0 spiro atoms. The van der Waals surface area contributed by atoms with E-state index < -0.39 is 0 Å². The number of carbonyl (C=O) groups excluding carboxylic acids is 2. The summed E-state index contributed by atoms with van der Waals surface area (Å²) < 4.78 is 21.8. The molecule has 8 nitrogen and oxygen atoms in total. The number of piperidine rings is 1. The molecule has 2 aromatic rings. The van der Waals surface area contributed by atoms with Gasteiger partial charge in [-0.25, -0.2) is 4.79 Å². The van der Waals surface area contributed by atoms with Gasteiger partial charge in [-0.3, -0.25) is 9.69 Å². The summed E-state index contributed by atoms with van der Waals surface area (Å²) in [5, 5.41) is 0. The summed E-state index contributed by atoms with van der Waals surface area (Å²) in [4.78, 5) is 29.3. The van der Waals surface area contributed by atoms with Crippen molar-refractivity contribution in [2.24, 2.45) is 0 Å². The highest BCUT2D eigenvalue weighted by Gasteiger charge is 2.35. The minimum absolute atomic E-state index is 0.0112. The van der Waals surface area contributed by atoms with E-state index in [1.54, 1.807) is 37.3 Å². The molecule has 2 aromatic carbocycles. The van der Waals surface area contributed by atoms with Gasteiger partial charge in [0.2, 0.25) is 0 Å². The van der Waals surface area contributed by atoms with Crippen molar-refractivity contribution in [1.29, 1.82) is 0 Å². The molecule has 2 heterocycles. The summed E-state index contributed by atoms with van der Waals surface area (Å²) in [5.74, 6) is 0.995. The maximum absolute atomic E-state index is 13.2. The highest BCUT2D eigenvalue weighted by Crippen LogP contribution is 2.33. The Morgan fingerprint density at radius 3 is 2.64 bits per heavy atom. The number of amides is 2. The van der Waals surface area contributed by atoms with Crippen LogP contribution >= 0.6 is 0 Å². The lowest BCUT2D eigenvalue weighted by molar-refractivity contribution is 0.0704. The van der Waals surface area contributed by atoms with Crippen LogP contribution in [0.4, 0.5) is 10.5 Å². The summed E-state index contributed by atoms with van der Waals surface area (Å²) in [7, 11) is 3.17. The van der Waals surface area contributed by atoms with Crippen LogP contribution in [0.15, 0.2) is 42.5 Å². The van der Waals surface area contributed by atoms with Crippen LogP contribution in [-0.4, -0.2) is 63.0 Å². The summed E-state index contributed by atoms with van der Waals surface area (Å²) in [5.41, 5.74) is 2.39. The fraction of sp³-hybridized carbons (Fsp3) is 0.440. The smallest absolute Gasteiger partial charge is 0.414 e. The number of rotatable bonds is 7. The number of cyclic esters (lactones) is 1. The van der Waals surface area contributed by atoms with Gasteiger partial charge in [-0.15, -0.1) is 0 Å². The summed E-state index contributed by atoms with van der Waals surface area (Å²) in [6, 6.07) is 13.0. The number of likely N-dealkylation sites (tertiary alicyclic amines) is 1. The quantitative estimate of drug-likeness (QED) is 0.632. The van der Waals surface area contributed by atoms with Crippen molar-refractivity contribution in [3.8, 4) is 11.5 Å². The van der Waals surface area contributed by atoms with Crippen molar-refractivity contribution in [2.45, 2.75) is 38.5 Å². The first-order valence-corrected chi connectivity index (χ1v) is 11.2. The zero-order valence-electron chi connectivity index (χ0n) is 19.3. The molecule has 1 saturated heterocycles. The Hall–Kier alpha value is -3.26. The first-order chi connectivity index (χ1) is 16.0. The molecule has 1 fully saturated rings. The molecule has 2 aliphatic heterocycles. The molecule has 0 bridgehead atoms. The zero-order chi connectivity index (χ0) is 23.4. The second-order valence-electron chi connectivity index (χ2n) is 8.32. The van der Waals surface area contributed by atoms with Crippen molar-refractivity contribution in [1.82, 2.24) is 4.90 Å².